The standard InChI is InChI=1S/C13H16N4O2/c14-12(7-9-1-3-11(18)4-2-9)13(19)15-8-10-5-6-16-17-10/h1-6,12,18H,7-8,14H2,(H,15,19)(H,16,17)/t12-/m1/s1. The predicted octanol–water partition coefficient (Wildman–Crippen LogP) is 0.301. The lowest BCUT2D eigenvalue weighted by Gasteiger charge is -2.11. The molecule has 1 aromatic carbocycles. The van der Waals surface area contributed by atoms with Crippen molar-refractivity contribution in [1.29, 1.82) is 0 Å². The SMILES string of the molecule is N[C@H](Cc1ccc(O)cc1)C(=O)NCc1ccn[nH]1. The molecule has 0 saturated heterocycles. The van der Waals surface area contributed by atoms with E-state index in [4.69, 9.17) is 10.8 Å². The van der Waals surface area contributed by atoms with Gasteiger partial charge in [0.25, 0.3) is 0 Å². The molecular formula is C13H16N4O2. The predicted molar refractivity (Wildman–Crippen MR) is 70.2 cm³/mol. The number of aromatic nitrogens is 2. The molecule has 0 unspecified atom stereocenters. The molecule has 19 heavy (non-hydrogen) atoms. The summed E-state index contributed by atoms with van der Waals surface area (Å²) < 4.78 is 0. The number of benzene rings is 1. The lowest BCUT2D eigenvalue weighted by molar-refractivity contribution is -0.122. The summed E-state index contributed by atoms with van der Waals surface area (Å²) >= 11 is 0. The van der Waals surface area contributed by atoms with Gasteiger partial charge in [-0.25, -0.2) is 0 Å². The largest absolute Gasteiger partial charge is 0.508 e. The summed E-state index contributed by atoms with van der Waals surface area (Å²) in [6.07, 6.45) is 2.05. The number of aromatic amines is 1. The molecule has 1 atom stereocenters. The van der Waals surface area contributed by atoms with Crippen LogP contribution in [0.4, 0.5) is 0 Å². The number of phenols is 1. The molecular weight excluding hydrogens is 244 g/mol. The van der Waals surface area contributed by atoms with Gasteiger partial charge < -0.3 is 16.2 Å². The Morgan fingerprint density at radius 1 is 1.37 bits per heavy atom. The van der Waals surface area contributed by atoms with Gasteiger partial charge in [-0.05, 0) is 30.2 Å². The van der Waals surface area contributed by atoms with Gasteiger partial charge in [-0.1, -0.05) is 12.1 Å². The molecule has 0 saturated carbocycles. The van der Waals surface area contributed by atoms with E-state index in [1.807, 2.05) is 0 Å². The third-order valence-corrected chi connectivity index (χ3v) is 2.74. The molecule has 0 fully saturated rings. The highest BCUT2D eigenvalue weighted by Crippen LogP contribution is 2.10. The summed E-state index contributed by atoms with van der Waals surface area (Å²) in [6.45, 7) is 0.377. The first-order valence-electron chi connectivity index (χ1n) is 5.94. The van der Waals surface area contributed by atoms with Crippen molar-refractivity contribution >= 4 is 5.91 Å². The molecule has 1 heterocycles. The Labute approximate surface area is 110 Å². The quantitative estimate of drug-likeness (QED) is 0.620. The minimum Gasteiger partial charge on any atom is -0.508 e. The normalized spacial score (nSPS) is 12.1. The number of nitrogens with zero attached hydrogens (tertiary/aromatic N) is 1. The Morgan fingerprint density at radius 3 is 2.74 bits per heavy atom. The van der Waals surface area contributed by atoms with Gasteiger partial charge in [0.15, 0.2) is 0 Å². The molecule has 1 amide bonds. The van der Waals surface area contributed by atoms with Crippen molar-refractivity contribution in [3.8, 4) is 5.75 Å². The second kappa shape index (κ2) is 6.01. The summed E-state index contributed by atoms with van der Waals surface area (Å²) in [7, 11) is 0. The number of carbonyl (C=O) groups excluding carboxylic acids is 1. The van der Waals surface area contributed by atoms with Crippen molar-refractivity contribution in [3.05, 3.63) is 47.8 Å². The van der Waals surface area contributed by atoms with Crippen LogP contribution in [-0.4, -0.2) is 27.3 Å². The number of carbonyl (C=O) groups is 1. The Morgan fingerprint density at radius 2 is 2.11 bits per heavy atom. The molecule has 0 bridgehead atoms. The minimum absolute atomic E-state index is 0.195. The molecule has 0 aliphatic carbocycles. The molecule has 2 aromatic rings. The number of aromatic hydroxyl groups is 1. The zero-order valence-corrected chi connectivity index (χ0v) is 10.3. The molecule has 6 heteroatoms. The van der Waals surface area contributed by atoms with E-state index in [1.54, 1.807) is 36.5 Å². The van der Waals surface area contributed by atoms with Crippen LogP contribution in [0.2, 0.25) is 0 Å². The van der Waals surface area contributed by atoms with Crippen LogP contribution in [0.15, 0.2) is 36.5 Å². The van der Waals surface area contributed by atoms with Crippen molar-refractivity contribution in [2.24, 2.45) is 5.73 Å². The number of nitrogens with two attached hydrogens (primary N) is 1. The maximum atomic E-state index is 11.8. The van der Waals surface area contributed by atoms with Crippen LogP contribution >= 0.6 is 0 Å². The summed E-state index contributed by atoms with van der Waals surface area (Å²) in [6, 6.07) is 7.81. The first-order chi connectivity index (χ1) is 9.15. The van der Waals surface area contributed by atoms with E-state index in [2.05, 4.69) is 15.5 Å². The third-order valence-electron chi connectivity index (χ3n) is 2.74. The molecule has 6 nitrogen and oxygen atoms in total. The van der Waals surface area contributed by atoms with Gasteiger partial charge in [0.2, 0.25) is 5.91 Å². The van der Waals surface area contributed by atoms with E-state index in [0.29, 0.717) is 13.0 Å². The highest BCUT2D eigenvalue weighted by molar-refractivity contribution is 5.81. The Bertz CT molecular complexity index is 522. The zero-order valence-electron chi connectivity index (χ0n) is 10.3. The minimum atomic E-state index is -0.618. The van der Waals surface area contributed by atoms with E-state index in [1.165, 1.54) is 0 Å². The first kappa shape index (κ1) is 13.1. The van der Waals surface area contributed by atoms with Crippen LogP contribution in [-0.2, 0) is 17.8 Å². The summed E-state index contributed by atoms with van der Waals surface area (Å²) in [5.41, 5.74) is 7.56. The van der Waals surface area contributed by atoms with E-state index in [9.17, 15) is 4.79 Å². The van der Waals surface area contributed by atoms with Gasteiger partial charge in [0.05, 0.1) is 18.3 Å². The topological polar surface area (TPSA) is 104 Å². The van der Waals surface area contributed by atoms with Crippen LogP contribution in [0.5, 0.6) is 5.75 Å². The Balaban J connectivity index is 1.83. The number of amides is 1. The van der Waals surface area contributed by atoms with Gasteiger partial charge in [0.1, 0.15) is 5.75 Å². The van der Waals surface area contributed by atoms with Crippen LogP contribution in [0.1, 0.15) is 11.3 Å². The fourth-order valence-electron chi connectivity index (χ4n) is 1.68. The molecule has 0 aliphatic heterocycles. The second-order valence-corrected chi connectivity index (χ2v) is 4.28. The molecule has 100 valence electrons. The first-order valence-corrected chi connectivity index (χ1v) is 5.94. The van der Waals surface area contributed by atoms with Crippen LogP contribution in [0, 0.1) is 0 Å². The molecule has 2 rings (SSSR count). The lowest BCUT2D eigenvalue weighted by Crippen LogP contribution is -2.41. The highest BCUT2D eigenvalue weighted by Gasteiger charge is 2.13. The summed E-state index contributed by atoms with van der Waals surface area (Å²) in [4.78, 5) is 11.8. The van der Waals surface area contributed by atoms with E-state index in [0.717, 1.165) is 11.3 Å². The maximum Gasteiger partial charge on any atom is 0.237 e. The van der Waals surface area contributed by atoms with Crippen LogP contribution in [0.3, 0.4) is 0 Å². The number of hydrogen-bond acceptors (Lipinski definition) is 4. The third kappa shape index (κ3) is 3.82. The fourth-order valence-corrected chi connectivity index (χ4v) is 1.68. The van der Waals surface area contributed by atoms with Crippen molar-refractivity contribution in [2.45, 2.75) is 19.0 Å². The average Bonchev–Trinajstić information content (AvgIpc) is 2.91. The zero-order chi connectivity index (χ0) is 13.7. The van der Waals surface area contributed by atoms with Crippen molar-refractivity contribution < 1.29 is 9.90 Å². The average molecular weight is 260 g/mol. The van der Waals surface area contributed by atoms with Gasteiger partial charge >= 0.3 is 0 Å². The summed E-state index contributed by atoms with van der Waals surface area (Å²) in [5.74, 6) is -0.0244. The van der Waals surface area contributed by atoms with Crippen molar-refractivity contribution in [1.82, 2.24) is 15.5 Å². The van der Waals surface area contributed by atoms with E-state index in [-0.39, 0.29) is 11.7 Å². The number of H-pyrrole nitrogens is 1. The fraction of sp³-hybridized carbons (Fsp3) is 0.231. The number of rotatable bonds is 5. The van der Waals surface area contributed by atoms with Crippen LogP contribution < -0.4 is 11.1 Å². The van der Waals surface area contributed by atoms with E-state index >= 15 is 0 Å². The molecule has 0 aliphatic rings. The van der Waals surface area contributed by atoms with Crippen molar-refractivity contribution in [3.63, 3.8) is 0 Å². The molecule has 1 aromatic heterocycles. The lowest BCUT2D eigenvalue weighted by atomic mass is 10.1. The monoisotopic (exact) mass is 260 g/mol. The smallest absolute Gasteiger partial charge is 0.237 e. The maximum absolute atomic E-state index is 11.8. The summed E-state index contributed by atoms with van der Waals surface area (Å²) in [5, 5.41) is 18.4. The van der Waals surface area contributed by atoms with Crippen molar-refractivity contribution in [2.75, 3.05) is 0 Å². The van der Waals surface area contributed by atoms with E-state index < -0.39 is 6.04 Å². The molecule has 5 N–H and O–H groups in total. The van der Waals surface area contributed by atoms with Gasteiger partial charge in [-0.3, -0.25) is 9.89 Å². The molecule has 0 spiro atoms. The number of nitrogens with one attached hydrogen (secondary N) is 2. The van der Waals surface area contributed by atoms with Gasteiger partial charge in [-0.15, -0.1) is 0 Å². The molecule has 0 radical (unpaired) electrons. The number of hydrogen-bond donors (Lipinski definition) is 4. The second-order valence-electron chi connectivity index (χ2n) is 4.28. The number of phenolic OH excluding ortho intramolecular Hbond substituents is 1. The van der Waals surface area contributed by atoms with Crippen LogP contribution in [0.25, 0.3) is 0 Å². The highest BCUT2D eigenvalue weighted by atomic mass is 16.3. The Hall–Kier alpha value is -2.34. The van der Waals surface area contributed by atoms with Gasteiger partial charge in [-0.2, -0.15) is 5.10 Å². The van der Waals surface area contributed by atoms with Gasteiger partial charge in [0, 0.05) is 6.20 Å². The Kier molecular flexibility index (Phi) is 4.15.